The molecule has 0 bridgehead atoms. The summed E-state index contributed by atoms with van der Waals surface area (Å²) in [4.78, 5) is 22.1. The molecule has 1 aromatic carbocycles. The van der Waals surface area contributed by atoms with E-state index in [2.05, 4.69) is 12.2 Å². The number of carbonyl (C=O) groups is 2. The van der Waals surface area contributed by atoms with Gasteiger partial charge in [-0.15, -0.1) is 0 Å². The molecule has 1 amide bonds. The van der Waals surface area contributed by atoms with Gasteiger partial charge in [-0.1, -0.05) is 6.92 Å². The van der Waals surface area contributed by atoms with Crippen LogP contribution in [0.3, 0.4) is 0 Å². The third-order valence-electron chi connectivity index (χ3n) is 2.46. The number of carboxylic acids is 1. The zero-order valence-corrected chi connectivity index (χ0v) is 10.8. The maximum absolute atomic E-state index is 11.1. The van der Waals surface area contributed by atoms with E-state index in [-0.39, 0.29) is 16.9 Å². The number of nitrogens with two attached hydrogens (primary N) is 1. The average molecular weight is 266 g/mol. The number of nitrogens with one attached hydrogen (secondary N) is 1. The average Bonchev–Trinajstić information content (AvgIpc) is 2.38. The summed E-state index contributed by atoms with van der Waals surface area (Å²) in [5.74, 6) is -1.59. The second-order valence-corrected chi connectivity index (χ2v) is 3.98. The zero-order valence-electron chi connectivity index (χ0n) is 10.8. The van der Waals surface area contributed by atoms with E-state index >= 15 is 0 Å². The van der Waals surface area contributed by atoms with Gasteiger partial charge in [-0.05, 0) is 31.2 Å². The molecule has 19 heavy (non-hydrogen) atoms. The van der Waals surface area contributed by atoms with Crippen molar-refractivity contribution in [3.63, 3.8) is 0 Å². The molecule has 0 saturated carbocycles. The van der Waals surface area contributed by atoms with E-state index < -0.39 is 11.9 Å². The van der Waals surface area contributed by atoms with Crippen molar-refractivity contribution >= 4 is 11.9 Å². The molecule has 0 heterocycles. The van der Waals surface area contributed by atoms with E-state index in [0.29, 0.717) is 13.2 Å². The highest BCUT2D eigenvalue weighted by molar-refractivity contribution is 5.98. The summed E-state index contributed by atoms with van der Waals surface area (Å²) in [6, 6.07) is 4.12. The molecule has 0 radical (unpaired) electrons. The normalized spacial score (nSPS) is 10.2. The second kappa shape index (κ2) is 7.38. The van der Waals surface area contributed by atoms with Crippen molar-refractivity contribution < 1.29 is 19.4 Å². The molecular formula is C13H18N2O4. The van der Waals surface area contributed by atoms with Crippen molar-refractivity contribution in [1.29, 1.82) is 0 Å². The predicted molar refractivity (Wildman–Crippen MR) is 70.6 cm³/mol. The lowest BCUT2D eigenvalue weighted by Gasteiger charge is -2.10. The number of carboxylic acid groups (broad SMARTS) is 1. The summed E-state index contributed by atoms with van der Waals surface area (Å²) < 4.78 is 5.38. The van der Waals surface area contributed by atoms with Gasteiger partial charge in [-0.3, -0.25) is 4.79 Å². The Morgan fingerprint density at radius 3 is 2.68 bits per heavy atom. The van der Waals surface area contributed by atoms with Crippen molar-refractivity contribution in [2.75, 3.05) is 19.7 Å². The third-order valence-corrected chi connectivity index (χ3v) is 2.46. The fourth-order valence-electron chi connectivity index (χ4n) is 1.51. The first kappa shape index (κ1) is 15.0. The van der Waals surface area contributed by atoms with Crippen molar-refractivity contribution in [3.05, 3.63) is 29.3 Å². The molecule has 0 atom stereocenters. The second-order valence-electron chi connectivity index (χ2n) is 3.98. The SMILES string of the molecule is CCCNCCOc1ccc(C(N)=O)cc1C(=O)O. The Morgan fingerprint density at radius 1 is 1.37 bits per heavy atom. The molecule has 0 unspecified atom stereocenters. The van der Waals surface area contributed by atoms with Crippen LogP contribution in [0.5, 0.6) is 5.75 Å². The highest BCUT2D eigenvalue weighted by Gasteiger charge is 2.14. The first-order chi connectivity index (χ1) is 9.06. The minimum Gasteiger partial charge on any atom is -0.491 e. The van der Waals surface area contributed by atoms with Crippen LogP contribution in [-0.4, -0.2) is 36.7 Å². The molecule has 0 aliphatic carbocycles. The molecule has 0 aromatic heterocycles. The van der Waals surface area contributed by atoms with Gasteiger partial charge in [-0.2, -0.15) is 0 Å². The summed E-state index contributed by atoms with van der Waals surface area (Å²) in [5, 5.41) is 12.2. The molecule has 6 nitrogen and oxygen atoms in total. The molecule has 1 aromatic rings. The number of ether oxygens (including phenoxy) is 1. The van der Waals surface area contributed by atoms with Crippen LogP contribution < -0.4 is 15.8 Å². The van der Waals surface area contributed by atoms with Gasteiger partial charge < -0.3 is 20.9 Å². The predicted octanol–water partition coefficient (Wildman–Crippen LogP) is 0.862. The number of hydrogen-bond donors (Lipinski definition) is 3. The number of benzene rings is 1. The summed E-state index contributed by atoms with van der Waals surface area (Å²) >= 11 is 0. The highest BCUT2D eigenvalue weighted by atomic mass is 16.5. The van der Waals surface area contributed by atoms with E-state index in [1.54, 1.807) is 0 Å². The van der Waals surface area contributed by atoms with Gasteiger partial charge in [0.15, 0.2) is 0 Å². The monoisotopic (exact) mass is 266 g/mol. The van der Waals surface area contributed by atoms with Gasteiger partial charge in [0.05, 0.1) is 0 Å². The summed E-state index contributed by atoms with van der Waals surface area (Å²) in [6.45, 7) is 3.93. The van der Waals surface area contributed by atoms with Crippen molar-refractivity contribution in [2.24, 2.45) is 5.73 Å². The molecule has 4 N–H and O–H groups in total. The van der Waals surface area contributed by atoms with Crippen molar-refractivity contribution in [3.8, 4) is 5.75 Å². The quantitative estimate of drug-likeness (QED) is 0.606. The topological polar surface area (TPSA) is 102 Å². The fraction of sp³-hybridized carbons (Fsp3) is 0.385. The van der Waals surface area contributed by atoms with E-state index in [1.807, 2.05) is 0 Å². The van der Waals surface area contributed by atoms with Crippen LogP contribution in [0.15, 0.2) is 18.2 Å². The molecule has 0 aliphatic rings. The molecule has 104 valence electrons. The van der Waals surface area contributed by atoms with Crippen LogP contribution in [0.25, 0.3) is 0 Å². The van der Waals surface area contributed by atoms with Gasteiger partial charge in [0.1, 0.15) is 17.9 Å². The number of rotatable bonds is 8. The minimum atomic E-state index is -1.15. The van der Waals surface area contributed by atoms with Gasteiger partial charge >= 0.3 is 5.97 Å². The smallest absolute Gasteiger partial charge is 0.339 e. The Bertz CT molecular complexity index is 460. The van der Waals surface area contributed by atoms with Crippen molar-refractivity contribution in [1.82, 2.24) is 5.32 Å². The van der Waals surface area contributed by atoms with E-state index in [1.165, 1.54) is 18.2 Å². The maximum atomic E-state index is 11.1. The van der Waals surface area contributed by atoms with Crippen LogP contribution >= 0.6 is 0 Å². The standard InChI is InChI=1S/C13H18N2O4/c1-2-5-15-6-7-19-11-4-3-9(12(14)16)8-10(11)13(17)18/h3-4,8,15H,2,5-7H2,1H3,(H2,14,16)(H,17,18). The Kier molecular flexibility index (Phi) is 5.81. The van der Waals surface area contributed by atoms with Gasteiger partial charge in [-0.25, -0.2) is 4.79 Å². The first-order valence-electron chi connectivity index (χ1n) is 6.07. The molecule has 0 aliphatic heterocycles. The zero-order chi connectivity index (χ0) is 14.3. The van der Waals surface area contributed by atoms with Crippen LogP contribution in [0, 0.1) is 0 Å². The molecule has 1 rings (SSSR count). The number of carbonyl (C=O) groups excluding carboxylic acids is 1. The first-order valence-corrected chi connectivity index (χ1v) is 6.07. The van der Waals surface area contributed by atoms with E-state index in [4.69, 9.17) is 15.6 Å². The summed E-state index contributed by atoms with van der Waals surface area (Å²) in [5.41, 5.74) is 5.19. The van der Waals surface area contributed by atoms with Crippen LogP contribution in [0.2, 0.25) is 0 Å². The molecule has 6 heteroatoms. The van der Waals surface area contributed by atoms with Gasteiger partial charge in [0.25, 0.3) is 0 Å². The molecule has 0 saturated heterocycles. The Balaban J connectivity index is 2.71. The Morgan fingerprint density at radius 2 is 2.11 bits per heavy atom. The summed E-state index contributed by atoms with van der Waals surface area (Å²) in [6.07, 6.45) is 1.02. The lowest BCUT2D eigenvalue weighted by atomic mass is 10.1. The summed E-state index contributed by atoms with van der Waals surface area (Å²) in [7, 11) is 0. The van der Waals surface area contributed by atoms with Gasteiger partial charge in [0, 0.05) is 12.1 Å². The molecular weight excluding hydrogens is 248 g/mol. The Labute approximate surface area is 111 Å². The van der Waals surface area contributed by atoms with Crippen molar-refractivity contribution in [2.45, 2.75) is 13.3 Å². The number of amides is 1. The van der Waals surface area contributed by atoms with Crippen LogP contribution in [-0.2, 0) is 0 Å². The van der Waals surface area contributed by atoms with Crippen LogP contribution in [0.4, 0.5) is 0 Å². The van der Waals surface area contributed by atoms with Crippen LogP contribution in [0.1, 0.15) is 34.1 Å². The van der Waals surface area contributed by atoms with Gasteiger partial charge in [0.2, 0.25) is 5.91 Å². The Hall–Kier alpha value is -2.08. The lowest BCUT2D eigenvalue weighted by Crippen LogP contribution is -2.22. The molecule has 0 fully saturated rings. The minimum absolute atomic E-state index is 0.0632. The maximum Gasteiger partial charge on any atom is 0.339 e. The molecule has 0 spiro atoms. The highest BCUT2D eigenvalue weighted by Crippen LogP contribution is 2.20. The number of aromatic carboxylic acids is 1. The fourth-order valence-corrected chi connectivity index (χ4v) is 1.51. The third kappa shape index (κ3) is 4.59. The van der Waals surface area contributed by atoms with E-state index in [0.717, 1.165) is 13.0 Å². The number of hydrogen-bond acceptors (Lipinski definition) is 4. The number of primary amides is 1. The largest absolute Gasteiger partial charge is 0.491 e. The lowest BCUT2D eigenvalue weighted by molar-refractivity contribution is 0.0692. The van der Waals surface area contributed by atoms with E-state index in [9.17, 15) is 9.59 Å².